The van der Waals surface area contributed by atoms with Crippen molar-refractivity contribution in [2.24, 2.45) is 5.73 Å². The molecular weight excluding hydrogens is 248 g/mol. The Bertz CT molecular complexity index is 410. The standard InChI is InChI=1S/C13H20N2O4/c1-17-8-9-18-6-3-7-19-11-5-2-4-10(12(11)14)13(15)16/h2,4-5H,3,6-9,14H2,1H3,(H2,15,16). The van der Waals surface area contributed by atoms with Crippen molar-refractivity contribution in [3.63, 3.8) is 0 Å². The number of carbonyl (C=O) groups is 1. The summed E-state index contributed by atoms with van der Waals surface area (Å²) in [5.41, 5.74) is 11.5. The molecule has 0 atom stereocenters. The minimum atomic E-state index is -0.564. The second kappa shape index (κ2) is 8.34. The van der Waals surface area contributed by atoms with Gasteiger partial charge in [-0.1, -0.05) is 6.07 Å². The van der Waals surface area contributed by atoms with Crippen LogP contribution in [-0.2, 0) is 9.47 Å². The number of rotatable bonds is 9. The van der Waals surface area contributed by atoms with Gasteiger partial charge in [0.05, 0.1) is 31.1 Å². The second-order valence-electron chi connectivity index (χ2n) is 3.89. The molecule has 106 valence electrons. The number of nitrogens with two attached hydrogens (primary N) is 2. The van der Waals surface area contributed by atoms with Crippen molar-refractivity contribution in [3.05, 3.63) is 23.8 Å². The zero-order valence-corrected chi connectivity index (χ0v) is 11.1. The maximum Gasteiger partial charge on any atom is 0.250 e. The summed E-state index contributed by atoms with van der Waals surface area (Å²) < 4.78 is 15.6. The molecule has 1 rings (SSSR count). The van der Waals surface area contributed by atoms with E-state index in [2.05, 4.69) is 0 Å². The maximum atomic E-state index is 11.1. The van der Waals surface area contributed by atoms with Crippen molar-refractivity contribution in [1.29, 1.82) is 0 Å². The highest BCUT2D eigenvalue weighted by Gasteiger charge is 2.09. The van der Waals surface area contributed by atoms with Gasteiger partial charge in [0.1, 0.15) is 5.75 Å². The first-order chi connectivity index (χ1) is 9.16. The molecule has 4 N–H and O–H groups in total. The average Bonchev–Trinajstić information content (AvgIpc) is 2.39. The predicted molar refractivity (Wildman–Crippen MR) is 72.2 cm³/mol. The molecule has 6 heteroatoms. The monoisotopic (exact) mass is 268 g/mol. The molecule has 0 spiro atoms. The Morgan fingerprint density at radius 1 is 1.21 bits per heavy atom. The van der Waals surface area contributed by atoms with Gasteiger partial charge < -0.3 is 25.7 Å². The number of primary amides is 1. The smallest absolute Gasteiger partial charge is 0.250 e. The lowest BCUT2D eigenvalue weighted by atomic mass is 10.1. The number of ether oxygens (including phenoxy) is 3. The Kier molecular flexibility index (Phi) is 6.70. The van der Waals surface area contributed by atoms with Gasteiger partial charge in [-0.25, -0.2) is 0 Å². The van der Waals surface area contributed by atoms with Gasteiger partial charge in [-0.3, -0.25) is 4.79 Å². The summed E-state index contributed by atoms with van der Waals surface area (Å²) in [5.74, 6) is -0.0981. The van der Waals surface area contributed by atoms with E-state index in [1.54, 1.807) is 25.3 Å². The van der Waals surface area contributed by atoms with E-state index in [0.717, 1.165) is 6.42 Å². The fourth-order valence-electron chi connectivity index (χ4n) is 1.47. The summed E-state index contributed by atoms with van der Waals surface area (Å²) in [6.07, 6.45) is 0.726. The molecule has 0 heterocycles. The van der Waals surface area contributed by atoms with Gasteiger partial charge >= 0.3 is 0 Å². The van der Waals surface area contributed by atoms with Gasteiger partial charge in [-0.2, -0.15) is 0 Å². The first-order valence-electron chi connectivity index (χ1n) is 6.04. The van der Waals surface area contributed by atoms with Gasteiger partial charge in [0.25, 0.3) is 5.91 Å². The van der Waals surface area contributed by atoms with Crippen LogP contribution in [0, 0.1) is 0 Å². The van der Waals surface area contributed by atoms with Crippen molar-refractivity contribution in [1.82, 2.24) is 0 Å². The van der Waals surface area contributed by atoms with Crippen LogP contribution in [0.25, 0.3) is 0 Å². The highest BCUT2D eigenvalue weighted by Crippen LogP contribution is 2.24. The first kappa shape index (κ1) is 15.3. The molecule has 19 heavy (non-hydrogen) atoms. The number of para-hydroxylation sites is 1. The van der Waals surface area contributed by atoms with Crippen molar-refractivity contribution in [2.45, 2.75) is 6.42 Å². The molecule has 0 fully saturated rings. The van der Waals surface area contributed by atoms with Gasteiger partial charge in [0, 0.05) is 20.1 Å². The van der Waals surface area contributed by atoms with Crippen LogP contribution >= 0.6 is 0 Å². The number of amides is 1. The van der Waals surface area contributed by atoms with Crippen molar-refractivity contribution < 1.29 is 19.0 Å². The highest BCUT2D eigenvalue weighted by atomic mass is 16.5. The quantitative estimate of drug-likeness (QED) is 0.510. The molecule has 0 aliphatic rings. The minimum Gasteiger partial charge on any atom is -0.491 e. The number of hydrogen-bond acceptors (Lipinski definition) is 5. The molecule has 1 aromatic carbocycles. The Hall–Kier alpha value is -1.79. The summed E-state index contributed by atoms with van der Waals surface area (Å²) in [7, 11) is 1.63. The zero-order valence-electron chi connectivity index (χ0n) is 11.1. The van der Waals surface area contributed by atoms with E-state index in [0.29, 0.717) is 32.2 Å². The van der Waals surface area contributed by atoms with Crippen LogP contribution in [-0.4, -0.2) is 39.4 Å². The van der Waals surface area contributed by atoms with Crippen LogP contribution in [0.5, 0.6) is 5.75 Å². The molecule has 0 aromatic heterocycles. The third-order valence-electron chi connectivity index (χ3n) is 2.45. The van der Waals surface area contributed by atoms with Crippen LogP contribution in [0.4, 0.5) is 5.69 Å². The van der Waals surface area contributed by atoms with Gasteiger partial charge in [0.2, 0.25) is 0 Å². The number of benzene rings is 1. The summed E-state index contributed by atoms with van der Waals surface area (Å²) in [6.45, 7) is 2.18. The van der Waals surface area contributed by atoms with Gasteiger partial charge in [0.15, 0.2) is 0 Å². The molecule has 0 radical (unpaired) electrons. The lowest BCUT2D eigenvalue weighted by Gasteiger charge is -2.11. The van der Waals surface area contributed by atoms with E-state index in [9.17, 15) is 4.79 Å². The highest BCUT2D eigenvalue weighted by molar-refractivity contribution is 5.99. The molecule has 0 aliphatic carbocycles. The Balaban J connectivity index is 2.33. The number of anilines is 1. The normalized spacial score (nSPS) is 10.4. The lowest BCUT2D eigenvalue weighted by molar-refractivity contribution is 0.0644. The van der Waals surface area contributed by atoms with Crippen LogP contribution in [0.2, 0.25) is 0 Å². The molecule has 0 unspecified atom stereocenters. The van der Waals surface area contributed by atoms with E-state index in [4.69, 9.17) is 25.7 Å². The first-order valence-corrected chi connectivity index (χ1v) is 6.04. The third kappa shape index (κ3) is 5.15. The van der Waals surface area contributed by atoms with E-state index in [1.165, 1.54) is 0 Å². The lowest BCUT2D eigenvalue weighted by Crippen LogP contribution is -2.14. The summed E-state index contributed by atoms with van der Waals surface area (Å²) in [5, 5.41) is 0. The zero-order chi connectivity index (χ0) is 14.1. The van der Waals surface area contributed by atoms with Crippen LogP contribution < -0.4 is 16.2 Å². The number of methoxy groups -OCH3 is 1. The molecule has 0 saturated heterocycles. The molecule has 1 amide bonds. The van der Waals surface area contributed by atoms with Crippen molar-refractivity contribution >= 4 is 11.6 Å². The van der Waals surface area contributed by atoms with Crippen molar-refractivity contribution in [2.75, 3.05) is 39.3 Å². The van der Waals surface area contributed by atoms with Crippen LogP contribution in [0.3, 0.4) is 0 Å². The SMILES string of the molecule is COCCOCCCOc1cccc(C(N)=O)c1N. The molecule has 6 nitrogen and oxygen atoms in total. The summed E-state index contributed by atoms with van der Waals surface area (Å²) in [4.78, 5) is 11.1. The predicted octanol–water partition coefficient (Wildman–Crippen LogP) is 0.800. The van der Waals surface area contributed by atoms with Crippen LogP contribution in [0.15, 0.2) is 18.2 Å². The Morgan fingerprint density at radius 2 is 2.00 bits per heavy atom. The third-order valence-corrected chi connectivity index (χ3v) is 2.45. The fraction of sp³-hybridized carbons (Fsp3) is 0.462. The minimum absolute atomic E-state index is 0.272. The molecule has 0 bridgehead atoms. The molecular formula is C13H20N2O4. The Morgan fingerprint density at radius 3 is 2.68 bits per heavy atom. The van der Waals surface area contributed by atoms with E-state index in [1.807, 2.05) is 0 Å². The fourth-order valence-corrected chi connectivity index (χ4v) is 1.47. The Labute approximate surface area is 112 Å². The van der Waals surface area contributed by atoms with Gasteiger partial charge in [-0.05, 0) is 12.1 Å². The second-order valence-corrected chi connectivity index (χ2v) is 3.89. The average molecular weight is 268 g/mol. The maximum absolute atomic E-state index is 11.1. The molecule has 0 saturated carbocycles. The van der Waals surface area contributed by atoms with Crippen LogP contribution in [0.1, 0.15) is 16.8 Å². The number of hydrogen-bond donors (Lipinski definition) is 2. The number of nitrogen functional groups attached to an aromatic ring is 1. The van der Waals surface area contributed by atoms with Gasteiger partial charge in [-0.15, -0.1) is 0 Å². The molecule has 1 aromatic rings. The summed E-state index contributed by atoms with van der Waals surface area (Å²) in [6, 6.07) is 4.95. The topological polar surface area (TPSA) is 96.8 Å². The van der Waals surface area contributed by atoms with Crippen molar-refractivity contribution in [3.8, 4) is 5.75 Å². The molecule has 0 aliphatic heterocycles. The number of carbonyl (C=O) groups excluding carboxylic acids is 1. The largest absolute Gasteiger partial charge is 0.491 e. The van der Waals surface area contributed by atoms with E-state index in [-0.39, 0.29) is 11.3 Å². The van der Waals surface area contributed by atoms with E-state index < -0.39 is 5.91 Å². The summed E-state index contributed by atoms with van der Waals surface area (Å²) >= 11 is 0. The van der Waals surface area contributed by atoms with E-state index >= 15 is 0 Å².